The average molecular weight is 403 g/mol. The summed E-state index contributed by atoms with van der Waals surface area (Å²) in [6.07, 6.45) is 9.78. The molecule has 0 radical (unpaired) electrons. The molecule has 4 aromatic rings. The highest BCUT2D eigenvalue weighted by molar-refractivity contribution is 5.72. The molecule has 0 aliphatic heterocycles. The van der Waals surface area contributed by atoms with Gasteiger partial charge in [0, 0.05) is 30.4 Å². The van der Waals surface area contributed by atoms with Crippen LogP contribution in [0.1, 0.15) is 32.6 Å². The van der Waals surface area contributed by atoms with Crippen LogP contribution in [0.15, 0.2) is 42.9 Å². The Morgan fingerprint density at radius 1 is 1.07 bits per heavy atom. The summed E-state index contributed by atoms with van der Waals surface area (Å²) in [4.78, 5) is 9.10. The minimum absolute atomic E-state index is 0.316. The molecule has 0 bridgehead atoms. The Morgan fingerprint density at radius 2 is 1.87 bits per heavy atom. The zero-order valence-corrected chi connectivity index (χ0v) is 16.9. The first-order valence-corrected chi connectivity index (χ1v) is 10.4. The van der Waals surface area contributed by atoms with Gasteiger partial charge in [-0.1, -0.05) is 17.3 Å². The van der Waals surface area contributed by atoms with Crippen LogP contribution < -0.4 is 11.1 Å². The van der Waals surface area contributed by atoms with E-state index in [-0.39, 0.29) is 0 Å². The van der Waals surface area contributed by atoms with Gasteiger partial charge in [0.25, 0.3) is 0 Å². The van der Waals surface area contributed by atoms with Crippen LogP contribution in [-0.4, -0.2) is 46.8 Å². The molecule has 154 valence electrons. The zero-order chi connectivity index (χ0) is 20.5. The van der Waals surface area contributed by atoms with E-state index in [4.69, 9.17) is 10.7 Å². The number of fused-ring (bicyclic) bond motifs is 1. The molecule has 0 amide bonds. The van der Waals surface area contributed by atoms with Crippen molar-refractivity contribution >= 4 is 17.1 Å². The number of hydrogen-bond donors (Lipinski definition) is 2. The lowest BCUT2D eigenvalue weighted by Gasteiger charge is -2.26. The van der Waals surface area contributed by atoms with E-state index in [1.807, 2.05) is 29.2 Å². The van der Waals surface area contributed by atoms with E-state index in [0.717, 1.165) is 49.0 Å². The fourth-order valence-electron chi connectivity index (χ4n) is 3.90. The van der Waals surface area contributed by atoms with E-state index < -0.39 is 0 Å². The highest BCUT2D eigenvalue weighted by Gasteiger charge is 2.19. The van der Waals surface area contributed by atoms with Crippen LogP contribution in [0, 0.1) is 0 Å². The summed E-state index contributed by atoms with van der Waals surface area (Å²) in [5.41, 5.74) is 10.5. The van der Waals surface area contributed by atoms with Gasteiger partial charge in [0.1, 0.15) is 0 Å². The van der Waals surface area contributed by atoms with E-state index in [9.17, 15) is 0 Å². The predicted octanol–water partition coefficient (Wildman–Crippen LogP) is 2.78. The topological polar surface area (TPSA) is 112 Å². The molecule has 3 heterocycles. The normalized spacial score (nSPS) is 19.3. The number of nitrogens with one attached hydrogen (secondary N) is 1. The Labute approximate surface area is 174 Å². The Morgan fingerprint density at radius 3 is 2.60 bits per heavy atom. The number of aromatic nitrogens is 7. The van der Waals surface area contributed by atoms with Crippen LogP contribution in [-0.2, 0) is 6.54 Å². The maximum Gasteiger partial charge on any atom is 0.225 e. The first-order valence-electron chi connectivity index (χ1n) is 10.4. The lowest BCUT2D eigenvalue weighted by Crippen LogP contribution is -2.33. The van der Waals surface area contributed by atoms with Gasteiger partial charge in [-0.2, -0.15) is 14.8 Å². The average Bonchev–Trinajstić information content (AvgIpc) is 3.42. The van der Waals surface area contributed by atoms with Crippen molar-refractivity contribution < 1.29 is 0 Å². The third-order valence-corrected chi connectivity index (χ3v) is 5.70. The largest absolute Gasteiger partial charge is 0.351 e. The van der Waals surface area contributed by atoms with Crippen molar-refractivity contribution in [2.24, 2.45) is 5.73 Å². The molecule has 0 atom stereocenters. The quantitative estimate of drug-likeness (QED) is 0.527. The number of nitrogens with zero attached hydrogens (tertiary/aromatic N) is 7. The van der Waals surface area contributed by atoms with E-state index in [2.05, 4.69) is 44.8 Å². The molecule has 1 aromatic carbocycles. The molecule has 3 aromatic heterocycles. The Balaban J connectivity index is 1.40. The van der Waals surface area contributed by atoms with Crippen LogP contribution in [0.3, 0.4) is 0 Å². The second-order valence-corrected chi connectivity index (χ2v) is 7.79. The van der Waals surface area contributed by atoms with E-state index >= 15 is 0 Å². The number of nitrogens with two attached hydrogens (primary N) is 1. The maximum absolute atomic E-state index is 6.01. The molecule has 1 saturated carbocycles. The third kappa shape index (κ3) is 3.63. The van der Waals surface area contributed by atoms with Gasteiger partial charge in [-0.25, -0.2) is 4.98 Å². The minimum Gasteiger partial charge on any atom is -0.351 e. The van der Waals surface area contributed by atoms with Crippen molar-refractivity contribution in [3.8, 4) is 16.8 Å². The predicted molar refractivity (Wildman–Crippen MR) is 115 cm³/mol. The van der Waals surface area contributed by atoms with Gasteiger partial charge in [-0.15, -0.1) is 5.10 Å². The van der Waals surface area contributed by atoms with Crippen molar-refractivity contribution in [3.63, 3.8) is 0 Å². The maximum atomic E-state index is 6.01. The molecular weight excluding hydrogens is 378 g/mol. The summed E-state index contributed by atoms with van der Waals surface area (Å²) in [5, 5.41) is 16.3. The number of benzene rings is 1. The van der Waals surface area contributed by atoms with Gasteiger partial charge in [0.2, 0.25) is 5.95 Å². The van der Waals surface area contributed by atoms with Crippen LogP contribution in [0.2, 0.25) is 0 Å². The number of anilines is 1. The van der Waals surface area contributed by atoms with E-state index in [1.54, 1.807) is 10.9 Å². The third-order valence-electron chi connectivity index (χ3n) is 5.70. The molecule has 0 spiro atoms. The van der Waals surface area contributed by atoms with Crippen molar-refractivity contribution in [3.05, 3.63) is 42.9 Å². The fraction of sp³-hybridized carbons (Fsp3) is 0.381. The SMILES string of the molecule is CCn1cc(-c2ccc(-n3nnc4cnc(NC5CCC(N)CC5)nc43)cc2)cn1. The van der Waals surface area contributed by atoms with Gasteiger partial charge in [-0.3, -0.25) is 4.68 Å². The highest BCUT2D eigenvalue weighted by atomic mass is 15.4. The van der Waals surface area contributed by atoms with Crippen molar-refractivity contribution in [2.45, 2.75) is 51.2 Å². The Hall–Kier alpha value is -3.33. The summed E-state index contributed by atoms with van der Waals surface area (Å²) in [6, 6.07) is 8.83. The van der Waals surface area contributed by atoms with Gasteiger partial charge in [-0.05, 0) is 50.3 Å². The van der Waals surface area contributed by atoms with Gasteiger partial charge in [0.05, 0.1) is 18.1 Å². The number of rotatable bonds is 5. The summed E-state index contributed by atoms with van der Waals surface area (Å²) >= 11 is 0. The first-order chi connectivity index (χ1) is 14.7. The molecule has 1 aliphatic carbocycles. The van der Waals surface area contributed by atoms with Crippen molar-refractivity contribution in [1.29, 1.82) is 0 Å². The summed E-state index contributed by atoms with van der Waals surface area (Å²) < 4.78 is 3.66. The molecule has 9 heteroatoms. The smallest absolute Gasteiger partial charge is 0.225 e. The van der Waals surface area contributed by atoms with Crippen LogP contribution in [0.5, 0.6) is 0 Å². The summed E-state index contributed by atoms with van der Waals surface area (Å²) in [6.45, 7) is 2.93. The molecule has 30 heavy (non-hydrogen) atoms. The van der Waals surface area contributed by atoms with Crippen molar-refractivity contribution in [2.75, 3.05) is 5.32 Å². The number of hydrogen-bond acceptors (Lipinski definition) is 7. The van der Waals surface area contributed by atoms with Gasteiger partial charge in [0.15, 0.2) is 11.2 Å². The van der Waals surface area contributed by atoms with Gasteiger partial charge >= 0.3 is 0 Å². The van der Waals surface area contributed by atoms with Crippen LogP contribution in [0.25, 0.3) is 28.0 Å². The van der Waals surface area contributed by atoms with Crippen molar-refractivity contribution in [1.82, 2.24) is 34.7 Å². The van der Waals surface area contributed by atoms with Crippen LogP contribution in [0.4, 0.5) is 5.95 Å². The molecule has 0 unspecified atom stereocenters. The standard InChI is InChI=1S/C21H25N9/c1-2-29-13-15(11-24-29)14-3-9-18(10-4-14)30-20-19(27-28-30)12-23-21(26-20)25-17-7-5-16(22)6-8-17/h3-4,9-13,16-17H,2,5-8,22H2,1H3,(H,23,25,26). The first kappa shape index (κ1) is 18.7. The summed E-state index contributed by atoms with van der Waals surface area (Å²) in [7, 11) is 0. The molecule has 5 rings (SSSR count). The number of aryl methyl sites for hydroxylation is 1. The molecule has 9 nitrogen and oxygen atoms in total. The lowest BCUT2D eigenvalue weighted by atomic mass is 9.92. The molecular formula is C21H25N9. The second kappa shape index (κ2) is 7.83. The molecule has 1 fully saturated rings. The lowest BCUT2D eigenvalue weighted by molar-refractivity contribution is 0.410. The van der Waals surface area contributed by atoms with E-state index in [1.165, 1.54) is 0 Å². The Bertz CT molecular complexity index is 1140. The molecule has 0 saturated heterocycles. The van der Waals surface area contributed by atoms with Crippen LogP contribution >= 0.6 is 0 Å². The fourth-order valence-corrected chi connectivity index (χ4v) is 3.90. The van der Waals surface area contributed by atoms with E-state index in [0.29, 0.717) is 29.2 Å². The Kier molecular flexibility index (Phi) is 4.88. The minimum atomic E-state index is 0.316. The van der Waals surface area contributed by atoms with Gasteiger partial charge < -0.3 is 11.1 Å². The molecule has 1 aliphatic rings. The monoisotopic (exact) mass is 403 g/mol. The molecule has 3 N–H and O–H groups in total. The highest BCUT2D eigenvalue weighted by Crippen LogP contribution is 2.23. The second-order valence-electron chi connectivity index (χ2n) is 7.79. The zero-order valence-electron chi connectivity index (χ0n) is 16.9. The summed E-state index contributed by atoms with van der Waals surface area (Å²) in [5.74, 6) is 0.607.